The molecule has 0 aromatic heterocycles. The minimum absolute atomic E-state index is 0.100. The van der Waals surface area contributed by atoms with Crippen LogP contribution >= 0.6 is 0 Å². The fourth-order valence-electron chi connectivity index (χ4n) is 3.02. The van der Waals surface area contributed by atoms with Crippen molar-refractivity contribution in [1.29, 1.82) is 0 Å². The van der Waals surface area contributed by atoms with Gasteiger partial charge in [-0.25, -0.2) is 4.79 Å². The molecule has 1 aromatic carbocycles. The summed E-state index contributed by atoms with van der Waals surface area (Å²) in [5.74, 6) is 1.80. The van der Waals surface area contributed by atoms with Crippen molar-refractivity contribution in [2.24, 2.45) is 5.92 Å². The zero-order valence-electron chi connectivity index (χ0n) is 17.4. The van der Waals surface area contributed by atoms with Crippen molar-refractivity contribution in [3.05, 3.63) is 23.8 Å². The fourth-order valence-corrected chi connectivity index (χ4v) is 3.02. The molecule has 0 spiro atoms. The Morgan fingerprint density at radius 2 is 1.75 bits per heavy atom. The third-order valence-electron chi connectivity index (χ3n) is 4.59. The molecule has 0 N–H and O–H groups in total. The summed E-state index contributed by atoms with van der Waals surface area (Å²) in [6.45, 7) is 9.04. The van der Waals surface area contributed by atoms with Gasteiger partial charge in [0.25, 0.3) is 0 Å². The molecule has 1 aliphatic heterocycles. The number of piperazine rings is 1. The molecule has 28 heavy (non-hydrogen) atoms. The number of nitrogens with zero attached hydrogens (tertiary/aromatic N) is 2. The SMILES string of the molecule is CCOc1ccc(CCC(=O)N2CCN(C(=O)OCC(C)C)CC2)cc1OC. The molecule has 7 nitrogen and oxygen atoms in total. The molecule has 0 atom stereocenters. The molecule has 0 bridgehead atoms. The Hall–Kier alpha value is -2.44. The number of methoxy groups -OCH3 is 1. The van der Waals surface area contributed by atoms with Crippen LogP contribution < -0.4 is 9.47 Å². The van der Waals surface area contributed by atoms with Gasteiger partial charge in [0.05, 0.1) is 20.3 Å². The number of hydrogen-bond donors (Lipinski definition) is 0. The van der Waals surface area contributed by atoms with Gasteiger partial charge >= 0.3 is 6.09 Å². The summed E-state index contributed by atoms with van der Waals surface area (Å²) in [7, 11) is 1.61. The van der Waals surface area contributed by atoms with Crippen LogP contribution in [0.1, 0.15) is 32.8 Å². The van der Waals surface area contributed by atoms with E-state index in [4.69, 9.17) is 14.2 Å². The van der Waals surface area contributed by atoms with Crippen LogP contribution in [0.25, 0.3) is 0 Å². The van der Waals surface area contributed by atoms with Crippen molar-refractivity contribution < 1.29 is 23.8 Å². The van der Waals surface area contributed by atoms with Gasteiger partial charge in [-0.3, -0.25) is 4.79 Å². The number of aryl methyl sites for hydroxylation is 1. The molecule has 0 unspecified atom stereocenters. The molecule has 1 aliphatic rings. The third kappa shape index (κ3) is 6.32. The van der Waals surface area contributed by atoms with Gasteiger partial charge in [0, 0.05) is 32.6 Å². The summed E-state index contributed by atoms with van der Waals surface area (Å²) in [6, 6.07) is 5.76. The minimum atomic E-state index is -0.290. The molecule has 156 valence electrons. The number of hydrogen-bond acceptors (Lipinski definition) is 5. The van der Waals surface area contributed by atoms with Crippen LogP contribution in [0.5, 0.6) is 11.5 Å². The highest BCUT2D eigenvalue weighted by molar-refractivity contribution is 5.77. The Labute approximate surface area is 167 Å². The van der Waals surface area contributed by atoms with Crippen LogP contribution in [0.2, 0.25) is 0 Å². The van der Waals surface area contributed by atoms with Crippen molar-refractivity contribution in [2.75, 3.05) is 46.5 Å². The second-order valence-electron chi connectivity index (χ2n) is 7.26. The molecule has 1 fully saturated rings. The summed E-state index contributed by atoms with van der Waals surface area (Å²) in [6.07, 6.45) is 0.773. The largest absolute Gasteiger partial charge is 0.493 e. The highest BCUT2D eigenvalue weighted by Gasteiger charge is 2.25. The lowest BCUT2D eigenvalue weighted by Gasteiger charge is -2.34. The number of rotatable bonds is 8. The Balaban J connectivity index is 1.79. The first-order valence-corrected chi connectivity index (χ1v) is 9.93. The van der Waals surface area contributed by atoms with E-state index in [-0.39, 0.29) is 12.0 Å². The van der Waals surface area contributed by atoms with Crippen LogP contribution in [-0.2, 0) is 16.0 Å². The maximum absolute atomic E-state index is 12.5. The van der Waals surface area contributed by atoms with Gasteiger partial charge in [-0.1, -0.05) is 19.9 Å². The number of carbonyl (C=O) groups is 2. The molecule has 0 saturated carbocycles. The topological polar surface area (TPSA) is 68.3 Å². The van der Waals surface area contributed by atoms with Crippen molar-refractivity contribution >= 4 is 12.0 Å². The molecule has 1 aromatic rings. The highest BCUT2D eigenvalue weighted by Crippen LogP contribution is 2.28. The quantitative estimate of drug-likeness (QED) is 0.680. The lowest BCUT2D eigenvalue weighted by molar-refractivity contribution is -0.132. The Bertz CT molecular complexity index is 654. The van der Waals surface area contributed by atoms with Crippen molar-refractivity contribution in [3.63, 3.8) is 0 Å². The van der Waals surface area contributed by atoms with E-state index in [1.807, 2.05) is 43.9 Å². The molecule has 7 heteroatoms. The van der Waals surface area contributed by atoms with Gasteiger partial charge in [0.1, 0.15) is 0 Å². The van der Waals surface area contributed by atoms with Gasteiger partial charge in [-0.05, 0) is 37.0 Å². The smallest absolute Gasteiger partial charge is 0.409 e. The Kier molecular flexibility index (Phi) is 8.42. The monoisotopic (exact) mass is 392 g/mol. The number of carbonyl (C=O) groups excluding carboxylic acids is 2. The summed E-state index contributed by atoms with van der Waals surface area (Å²) >= 11 is 0. The molecule has 1 saturated heterocycles. The standard InChI is InChI=1S/C21H32N2O5/c1-5-27-18-8-6-17(14-19(18)26-4)7-9-20(24)22-10-12-23(13-11-22)21(25)28-15-16(2)3/h6,8,14,16H,5,7,9-13,15H2,1-4H3. The first-order chi connectivity index (χ1) is 13.4. The minimum Gasteiger partial charge on any atom is -0.493 e. The molecule has 1 heterocycles. The second-order valence-corrected chi connectivity index (χ2v) is 7.26. The summed E-state index contributed by atoms with van der Waals surface area (Å²) in [4.78, 5) is 28.0. The number of amides is 2. The lowest BCUT2D eigenvalue weighted by atomic mass is 10.1. The van der Waals surface area contributed by atoms with Gasteiger partial charge in [0.15, 0.2) is 11.5 Å². The fraction of sp³-hybridized carbons (Fsp3) is 0.619. The second kappa shape index (κ2) is 10.8. The molecular formula is C21H32N2O5. The number of benzene rings is 1. The molecule has 0 aliphatic carbocycles. The summed E-state index contributed by atoms with van der Waals surface area (Å²) in [5, 5.41) is 0. The molecule has 0 radical (unpaired) electrons. The van der Waals surface area contributed by atoms with E-state index in [0.717, 1.165) is 5.56 Å². The van der Waals surface area contributed by atoms with Crippen LogP contribution in [-0.4, -0.2) is 68.3 Å². The zero-order chi connectivity index (χ0) is 20.5. The van der Waals surface area contributed by atoms with Gasteiger partial charge < -0.3 is 24.0 Å². The van der Waals surface area contributed by atoms with E-state index in [2.05, 4.69) is 0 Å². The Morgan fingerprint density at radius 1 is 1.07 bits per heavy atom. The van der Waals surface area contributed by atoms with Crippen LogP contribution in [0.4, 0.5) is 4.79 Å². The van der Waals surface area contributed by atoms with Crippen LogP contribution in [0.3, 0.4) is 0 Å². The predicted molar refractivity (Wildman–Crippen MR) is 107 cm³/mol. The van der Waals surface area contributed by atoms with E-state index < -0.39 is 0 Å². The summed E-state index contributed by atoms with van der Waals surface area (Å²) in [5.41, 5.74) is 1.03. The van der Waals surface area contributed by atoms with Crippen molar-refractivity contribution in [3.8, 4) is 11.5 Å². The normalized spacial score (nSPS) is 14.2. The molecule has 2 rings (SSSR count). The van der Waals surface area contributed by atoms with Crippen LogP contribution in [0, 0.1) is 5.92 Å². The average molecular weight is 392 g/mol. The lowest BCUT2D eigenvalue weighted by Crippen LogP contribution is -2.50. The van der Waals surface area contributed by atoms with Crippen molar-refractivity contribution in [1.82, 2.24) is 9.80 Å². The van der Waals surface area contributed by atoms with Gasteiger partial charge in [0.2, 0.25) is 5.91 Å². The van der Waals surface area contributed by atoms with E-state index in [9.17, 15) is 9.59 Å². The summed E-state index contributed by atoms with van der Waals surface area (Å²) < 4.78 is 16.1. The maximum atomic E-state index is 12.5. The zero-order valence-corrected chi connectivity index (χ0v) is 17.4. The van der Waals surface area contributed by atoms with Crippen LogP contribution in [0.15, 0.2) is 18.2 Å². The third-order valence-corrected chi connectivity index (χ3v) is 4.59. The number of ether oxygens (including phenoxy) is 3. The van der Waals surface area contributed by atoms with E-state index in [1.54, 1.807) is 12.0 Å². The average Bonchev–Trinajstić information content (AvgIpc) is 2.71. The van der Waals surface area contributed by atoms with E-state index in [1.165, 1.54) is 0 Å². The molecular weight excluding hydrogens is 360 g/mol. The van der Waals surface area contributed by atoms with Gasteiger partial charge in [-0.2, -0.15) is 0 Å². The van der Waals surface area contributed by atoms with Crippen molar-refractivity contribution in [2.45, 2.75) is 33.6 Å². The first kappa shape index (κ1) is 21.9. The van der Waals surface area contributed by atoms with E-state index >= 15 is 0 Å². The highest BCUT2D eigenvalue weighted by atomic mass is 16.6. The maximum Gasteiger partial charge on any atom is 0.409 e. The Morgan fingerprint density at radius 3 is 2.36 bits per heavy atom. The predicted octanol–water partition coefficient (Wildman–Crippen LogP) is 2.96. The first-order valence-electron chi connectivity index (χ1n) is 9.93. The molecule has 2 amide bonds. The van der Waals surface area contributed by atoms with E-state index in [0.29, 0.717) is 69.7 Å². The van der Waals surface area contributed by atoms with Gasteiger partial charge in [-0.15, -0.1) is 0 Å².